The molecule has 0 unspecified atom stereocenters. The second-order valence-electron chi connectivity index (χ2n) is 3.15. The molecular weight excluding hydrogens is 230 g/mol. The largest absolute Gasteiger partial charge is 0.422 e. The zero-order valence-corrected chi connectivity index (χ0v) is 9.17. The van der Waals surface area contributed by atoms with Crippen LogP contribution in [0.5, 0.6) is 0 Å². The molecular formula is C11H8ClNO3. The number of carbonyl (C=O) groups excluding carboxylic acids is 1. The molecule has 2 rings (SSSR count). The molecule has 0 saturated heterocycles. The van der Waals surface area contributed by atoms with Crippen molar-refractivity contribution in [3.8, 4) is 0 Å². The number of nitrogens with one attached hydrogen (secondary N) is 1. The molecule has 0 aliphatic rings. The fourth-order valence-electron chi connectivity index (χ4n) is 1.47. The number of benzene rings is 1. The van der Waals surface area contributed by atoms with Gasteiger partial charge in [0.2, 0.25) is 0 Å². The minimum atomic E-state index is -0.709. The molecule has 0 spiro atoms. The highest BCUT2D eigenvalue weighted by atomic mass is 35.5. The Labute approximate surface area is 95.8 Å². The van der Waals surface area contributed by atoms with Crippen molar-refractivity contribution in [1.29, 1.82) is 0 Å². The van der Waals surface area contributed by atoms with Crippen molar-refractivity contribution in [2.24, 2.45) is 0 Å². The summed E-state index contributed by atoms with van der Waals surface area (Å²) >= 11 is 5.78. The molecule has 82 valence electrons. The summed E-state index contributed by atoms with van der Waals surface area (Å²) in [5.74, 6) is -0.408. The van der Waals surface area contributed by atoms with Gasteiger partial charge in [0, 0.05) is 12.4 Å². The van der Waals surface area contributed by atoms with Crippen molar-refractivity contribution >= 4 is 28.5 Å². The fourth-order valence-corrected chi connectivity index (χ4v) is 1.70. The van der Waals surface area contributed by atoms with Crippen molar-refractivity contribution in [2.75, 3.05) is 7.05 Å². The van der Waals surface area contributed by atoms with E-state index in [0.717, 1.165) is 0 Å². The molecule has 0 bridgehead atoms. The van der Waals surface area contributed by atoms with Gasteiger partial charge in [-0.3, -0.25) is 4.79 Å². The summed E-state index contributed by atoms with van der Waals surface area (Å²) in [4.78, 5) is 23.0. The smallest absolute Gasteiger partial charge is 0.356 e. The van der Waals surface area contributed by atoms with E-state index in [1.54, 1.807) is 24.3 Å². The molecule has 1 aromatic carbocycles. The van der Waals surface area contributed by atoms with E-state index in [0.29, 0.717) is 11.0 Å². The Balaban J connectivity index is 2.92. The molecule has 1 N–H and O–H groups in total. The maximum atomic E-state index is 11.6. The second-order valence-corrected chi connectivity index (χ2v) is 3.53. The number of carbonyl (C=O) groups is 1. The summed E-state index contributed by atoms with van der Waals surface area (Å²) in [6.07, 6.45) is 0. The molecule has 0 saturated carbocycles. The minimum absolute atomic E-state index is 0.149. The van der Waals surface area contributed by atoms with E-state index < -0.39 is 11.5 Å². The number of hydrogen-bond donors (Lipinski definition) is 1. The van der Waals surface area contributed by atoms with E-state index in [9.17, 15) is 9.59 Å². The lowest BCUT2D eigenvalue weighted by molar-refractivity contribution is 0.0964. The van der Waals surface area contributed by atoms with Crippen molar-refractivity contribution in [1.82, 2.24) is 5.32 Å². The molecule has 0 aliphatic carbocycles. The molecule has 4 nitrogen and oxygen atoms in total. The van der Waals surface area contributed by atoms with Crippen molar-refractivity contribution < 1.29 is 9.21 Å². The summed E-state index contributed by atoms with van der Waals surface area (Å²) in [6.45, 7) is 0. The van der Waals surface area contributed by atoms with Gasteiger partial charge >= 0.3 is 5.63 Å². The summed E-state index contributed by atoms with van der Waals surface area (Å²) in [5.41, 5.74) is -0.217. The third-order valence-electron chi connectivity index (χ3n) is 2.21. The normalized spacial score (nSPS) is 10.4. The Morgan fingerprint density at radius 3 is 2.75 bits per heavy atom. The predicted molar refractivity (Wildman–Crippen MR) is 60.9 cm³/mol. The first-order chi connectivity index (χ1) is 7.65. The number of rotatable bonds is 1. The lowest BCUT2D eigenvalue weighted by Gasteiger charge is -2.05. The summed E-state index contributed by atoms with van der Waals surface area (Å²) in [6, 6.07) is 6.74. The van der Waals surface area contributed by atoms with Crippen LogP contribution in [0.15, 0.2) is 33.5 Å². The van der Waals surface area contributed by atoms with Gasteiger partial charge in [0.15, 0.2) is 0 Å². The average Bonchev–Trinajstić information content (AvgIpc) is 2.30. The molecule has 2 aromatic rings. The van der Waals surface area contributed by atoms with Crippen LogP contribution in [0, 0.1) is 0 Å². The van der Waals surface area contributed by atoms with Gasteiger partial charge in [0.05, 0.1) is 5.56 Å². The zero-order valence-electron chi connectivity index (χ0n) is 8.41. The maximum Gasteiger partial charge on any atom is 0.356 e. The van der Waals surface area contributed by atoms with Crippen LogP contribution < -0.4 is 10.9 Å². The first-order valence-electron chi connectivity index (χ1n) is 4.58. The van der Waals surface area contributed by atoms with Crippen LogP contribution in [-0.2, 0) is 0 Å². The topological polar surface area (TPSA) is 59.3 Å². The van der Waals surface area contributed by atoms with Crippen LogP contribution in [0.3, 0.4) is 0 Å². The average molecular weight is 238 g/mol. The summed E-state index contributed by atoms with van der Waals surface area (Å²) in [7, 11) is 1.47. The lowest BCUT2D eigenvalue weighted by atomic mass is 10.1. The monoisotopic (exact) mass is 237 g/mol. The number of hydrogen-bond acceptors (Lipinski definition) is 3. The summed E-state index contributed by atoms with van der Waals surface area (Å²) in [5, 5.41) is 2.76. The number of fused-ring (bicyclic) bond motifs is 1. The Morgan fingerprint density at radius 2 is 2.06 bits per heavy atom. The quantitative estimate of drug-likeness (QED) is 0.770. The van der Waals surface area contributed by atoms with Crippen molar-refractivity contribution in [3.05, 3.63) is 45.3 Å². The van der Waals surface area contributed by atoms with E-state index >= 15 is 0 Å². The van der Waals surface area contributed by atoms with E-state index in [1.165, 1.54) is 7.05 Å². The maximum absolute atomic E-state index is 11.6. The Hall–Kier alpha value is -1.81. The molecule has 16 heavy (non-hydrogen) atoms. The van der Waals surface area contributed by atoms with Crippen LogP contribution in [0.2, 0.25) is 5.02 Å². The first-order valence-corrected chi connectivity index (χ1v) is 4.96. The molecule has 0 atom stereocenters. The Morgan fingerprint density at radius 1 is 1.38 bits per heavy atom. The number of halogens is 1. The standard InChI is InChI=1S/C11H8ClNO3/c1-13-10(14)8-6-4-2-3-5-7(6)16-11(15)9(8)12/h2-5H,1H3,(H,13,14). The Kier molecular flexibility index (Phi) is 2.66. The lowest BCUT2D eigenvalue weighted by Crippen LogP contribution is -2.21. The van der Waals surface area contributed by atoms with Gasteiger partial charge < -0.3 is 9.73 Å². The highest BCUT2D eigenvalue weighted by molar-refractivity contribution is 6.35. The highest BCUT2D eigenvalue weighted by Crippen LogP contribution is 2.22. The molecule has 1 amide bonds. The van der Waals surface area contributed by atoms with E-state index in [1.807, 2.05) is 0 Å². The van der Waals surface area contributed by atoms with E-state index in [-0.39, 0.29) is 10.6 Å². The van der Waals surface area contributed by atoms with E-state index in [4.69, 9.17) is 16.0 Å². The van der Waals surface area contributed by atoms with Gasteiger partial charge in [-0.15, -0.1) is 0 Å². The SMILES string of the molecule is CNC(=O)c1c(Cl)c(=O)oc2ccccc12. The fraction of sp³-hybridized carbons (Fsp3) is 0.0909. The van der Waals surface area contributed by atoms with Crippen molar-refractivity contribution in [3.63, 3.8) is 0 Å². The van der Waals surface area contributed by atoms with E-state index in [2.05, 4.69) is 5.32 Å². The number of para-hydroxylation sites is 1. The predicted octanol–water partition coefficient (Wildman–Crippen LogP) is 1.81. The third-order valence-corrected chi connectivity index (χ3v) is 2.56. The van der Waals surface area contributed by atoms with Gasteiger partial charge in [0.1, 0.15) is 10.6 Å². The first kappa shape index (κ1) is 10.7. The molecule has 5 heteroatoms. The summed E-state index contributed by atoms with van der Waals surface area (Å²) < 4.78 is 4.96. The third kappa shape index (κ3) is 1.57. The van der Waals surface area contributed by atoms with Crippen molar-refractivity contribution in [2.45, 2.75) is 0 Å². The van der Waals surface area contributed by atoms with Crippen LogP contribution in [0.4, 0.5) is 0 Å². The molecule has 1 aromatic heterocycles. The van der Waals surface area contributed by atoms with Gasteiger partial charge in [-0.1, -0.05) is 29.8 Å². The molecule has 0 radical (unpaired) electrons. The van der Waals surface area contributed by atoms with Gasteiger partial charge in [-0.2, -0.15) is 0 Å². The zero-order chi connectivity index (χ0) is 11.7. The minimum Gasteiger partial charge on any atom is -0.422 e. The molecule has 0 fully saturated rings. The van der Waals surface area contributed by atoms with Gasteiger partial charge in [0.25, 0.3) is 5.91 Å². The van der Waals surface area contributed by atoms with Crippen LogP contribution >= 0.6 is 11.6 Å². The number of amides is 1. The second kappa shape index (κ2) is 3.98. The molecule has 0 aliphatic heterocycles. The van der Waals surface area contributed by atoms with Crippen LogP contribution in [0.25, 0.3) is 11.0 Å². The molecule has 1 heterocycles. The van der Waals surface area contributed by atoms with Gasteiger partial charge in [-0.05, 0) is 6.07 Å². The van der Waals surface area contributed by atoms with Gasteiger partial charge in [-0.25, -0.2) is 4.79 Å². The highest BCUT2D eigenvalue weighted by Gasteiger charge is 2.17. The van der Waals surface area contributed by atoms with Crippen LogP contribution in [-0.4, -0.2) is 13.0 Å². The Bertz CT molecular complexity index is 618. The van der Waals surface area contributed by atoms with Crippen LogP contribution in [0.1, 0.15) is 10.4 Å².